The van der Waals surface area contributed by atoms with Crippen molar-refractivity contribution >= 4 is 11.6 Å². The smallest absolute Gasteiger partial charge is 0.0847 e. The molecule has 2 aromatic carbocycles. The Bertz CT molecular complexity index is 719. The van der Waals surface area contributed by atoms with Gasteiger partial charge in [-0.15, -0.1) is 0 Å². The summed E-state index contributed by atoms with van der Waals surface area (Å²) in [5, 5.41) is 10.8. The third kappa shape index (κ3) is 3.61. The molecule has 0 bridgehead atoms. The van der Waals surface area contributed by atoms with E-state index in [2.05, 4.69) is 30.3 Å². The SMILES string of the molecule is CC(C)(O)C1=C(c2ccccc2)COC/C1=C/c1ccccc1. The molecule has 0 unspecified atom stereocenters. The molecule has 0 aliphatic carbocycles. The lowest BCUT2D eigenvalue weighted by Gasteiger charge is -2.32. The first kappa shape index (κ1) is 15.7. The van der Waals surface area contributed by atoms with Crippen LogP contribution in [-0.2, 0) is 4.74 Å². The van der Waals surface area contributed by atoms with E-state index in [0.29, 0.717) is 13.2 Å². The molecule has 0 saturated carbocycles. The maximum absolute atomic E-state index is 10.8. The van der Waals surface area contributed by atoms with Crippen LogP contribution >= 0.6 is 0 Å². The van der Waals surface area contributed by atoms with Crippen molar-refractivity contribution < 1.29 is 9.84 Å². The fraction of sp³-hybridized carbons (Fsp3) is 0.238. The van der Waals surface area contributed by atoms with Crippen molar-refractivity contribution in [2.45, 2.75) is 19.4 Å². The molecule has 2 aromatic rings. The van der Waals surface area contributed by atoms with Gasteiger partial charge in [0.05, 0.1) is 18.8 Å². The summed E-state index contributed by atoms with van der Waals surface area (Å²) >= 11 is 0. The van der Waals surface area contributed by atoms with Crippen LogP contribution in [0, 0.1) is 0 Å². The topological polar surface area (TPSA) is 29.5 Å². The molecule has 0 fully saturated rings. The molecule has 2 nitrogen and oxygen atoms in total. The van der Waals surface area contributed by atoms with E-state index < -0.39 is 5.60 Å². The Morgan fingerprint density at radius 2 is 1.52 bits per heavy atom. The predicted molar refractivity (Wildman–Crippen MR) is 94.9 cm³/mol. The van der Waals surface area contributed by atoms with Gasteiger partial charge in [0.25, 0.3) is 0 Å². The van der Waals surface area contributed by atoms with Gasteiger partial charge in [0.2, 0.25) is 0 Å². The van der Waals surface area contributed by atoms with Gasteiger partial charge < -0.3 is 9.84 Å². The lowest BCUT2D eigenvalue weighted by atomic mass is 9.83. The first-order valence-electron chi connectivity index (χ1n) is 7.91. The van der Waals surface area contributed by atoms with E-state index in [1.807, 2.05) is 50.2 Å². The molecule has 0 saturated heterocycles. The highest BCUT2D eigenvalue weighted by molar-refractivity contribution is 5.79. The minimum atomic E-state index is -0.921. The summed E-state index contributed by atoms with van der Waals surface area (Å²) < 4.78 is 5.81. The Labute approximate surface area is 137 Å². The Morgan fingerprint density at radius 3 is 2.13 bits per heavy atom. The first-order chi connectivity index (χ1) is 11.1. The zero-order valence-corrected chi connectivity index (χ0v) is 13.6. The van der Waals surface area contributed by atoms with E-state index in [4.69, 9.17) is 4.74 Å². The van der Waals surface area contributed by atoms with Crippen LogP contribution in [0.1, 0.15) is 25.0 Å². The van der Waals surface area contributed by atoms with Gasteiger partial charge in [-0.1, -0.05) is 60.7 Å². The second-order valence-corrected chi connectivity index (χ2v) is 6.35. The lowest BCUT2D eigenvalue weighted by molar-refractivity contribution is 0.110. The number of benzene rings is 2. The van der Waals surface area contributed by atoms with Gasteiger partial charge in [-0.25, -0.2) is 0 Å². The van der Waals surface area contributed by atoms with Crippen LogP contribution in [0.5, 0.6) is 0 Å². The van der Waals surface area contributed by atoms with Crippen molar-refractivity contribution in [3.63, 3.8) is 0 Å². The monoisotopic (exact) mass is 306 g/mol. The number of rotatable bonds is 3. The van der Waals surface area contributed by atoms with Gasteiger partial charge in [-0.3, -0.25) is 0 Å². The Balaban J connectivity index is 2.15. The van der Waals surface area contributed by atoms with E-state index >= 15 is 0 Å². The van der Waals surface area contributed by atoms with Gasteiger partial charge >= 0.3 is 0 Å². The molecular formula is C21H22O2. The van der Waals surface area contributed by atoms with Crippen molar-refractivity contribution in [2.24, 2.45) is 0 Å². The van der Waals surface area contributed by atoms with Crippen LogP contribution in [0.2, 0.25) is 0 Å². The molecule has 0 radical (unpaired) electrons. The molecule has 1 heterocycles. The van der Waals surface area contributed by atoms with Crippen molar-refractivity contribution in [3.05, 3.63) is 82.9 Å². The summed E-state index contributed by atoms with van der Waals surface area (Å²) in [5.41, 5.74) is 4.36. The average Bonchev–Trinajstić information content (AvgIpc) is 2.55. The molecule has 1 aliphatic heterocycles. The van der Waals surface area contributed by atoms with Crippen molar-refractivity contribution in [2.75, 3.05) is 13.2 Å². The Hall–Kier alpha value is -2.16. The van der Waals surface area contributed by atoms with Crippen molar-refractivity contribution in [1.82, 2.24) is 0 Å². The van der Waals surface area contributed by atoms with E-state index in [1.165, 1.54) is 0 Å². The van der Waals surface area contributed by atoms with E-state index in [1.54, 1.807) is 0 Å². The van der Waals surface area contributed by atoms with Gasteiger partial charge in [0.15, 0.2) is 0 Å². The highest BCUT2D eigenvalue weighted by Crippen LogP contribution is 2.36. The molecule has 0 aromatic heterocycles. The second-order valence-electron chi connectivity index (χ2n) is 6.35. The van der Waals surface area contributed by atoms with Crippen molar-refractivity contribution in [1.29, 1.82) is 0 Å². The molecule has 1 aliphatic rings. The summed E-state index contributed by atoms with van der Waals surface area (Å²) in [6.45, 7) is 4.73. The van der Waals surface area contributed by atoms with Gasteiger partial charge in [-0.05, 0) is 47.8 Å². The maximum atomic E-state index is 10.8. The number of aliphatic hydroxyl groups is 1. The third-order valence-electron chi connectivity index (χ3n) is 4.00. The molecule has 1 N–H and O–H groups in total. The highest BCUT2D eigenvalue weighted by atomic mass is 16.5. The average molecular weight is 306 g/mol. The molecule has 118 valence electrons. The molecule has 3 rings (SSSR count). The third-order valence-corrected chi connectivity index (χ3v) is 4.00. The minimum Gasteiger partial charge on any atom is -0.386 e. The van der Waals surface area contributed by atoms with Crippen LogP contribution < -0.4 is 0 Å². The number of hydrogen-bond acceptors (Lipinski definition) is 2. The fourth-order valence-electron chi connectivity index (χ4n) is 3.09. The predicted octanol–water partition coefficient (Wildman–Crippen LogP) is 4.32. The summed E-state index contributed by atoms with van der Waals surface area (Å²) in [6.07, 6.45) is 2.11. The zero-order chi connectivity index (χ0) is 16.3. The number of ether oxygens (including phenoxy) is 1. The second kappa shape index (κ2) is 6.53. The first-order valence-corrected chi connectivity index (χ1v) is 7.91. The molecule has 2 heteroatoms. The van der Waals surface area contributed by atoms with Gasteiger partial charge in [-0.2, -0.15) is 0 Å². The van der Waals surface area contributed by atoms with Gasteiger partial charge in [0, 0.05) is 0 Å². The number of hydrogen-bond donors (Lipinski definition) is 1. The molecule has 0 spiro atoms. The molecule has 0 amide bonds. The van der Waals surface area contributed by atoms with Crippen LogP contribution in [0.15, 0.2) is 71.8 Å². The largest absolute Gasteiger partial charge is 0.386 e. The maximum Gasteiger partial charge on any atom is 0.0847 e. The van der Waals surface area contributed by atoms with E-state index in [0.717, 1.165) is 27.8 Å². The molecule has 23 heavy (non-hydrogen) atoms. The summed E-state index contributed by atoms with van der Waals surface area (Å²) in [5.74, 6) is 0. The van der Waals surface area contributed by atoms with Crippen LogP contribution in [0.3, 0.4) is 0 Å². The normalized spacial score (nSPS) is 17.6. The Kier molecular flexibility index (Phi) is 4.46. The summed E-state index contributed by atoms with van der Waals surface area (Å²) in [6, 6.07) is 20.3. The fourth-order valence-corrected chi connectivity index (χ4v) is 3.09. The lowest BCUT2D eigenvalue weighted by Crippen LogP contribution is -2.29. The zero-order valence-electron chi connectivity index (χ0n) is 13.6. The highest BCUT2D eigenvalue weighted by Gasteiger charge is 2.30. The van der Waals surface area contributed by atoms with Crippen LogP contribution in [0.4, 0.5) is 0 Å². The molecule has 0 atom stereocenters. The van der Waals surface area contributed by atoms with Gasteiger partial charge in [0.1, 0.15) is 0 Å². The van der Waals surface area contributed by atoms with Crippen LogP contribution in [-0.4, -0.2) is 23.9 Å². The standard InChI is InChI=1S/C21H22O2/c1-21(2,22)20-18(13-16-9-5-3-6-10-16)14-23-15-19(20)17-11-7-4-8-12-17/h3-13,22H,14-15H2,1-2H3/b18-13-. The van der Waals surface area contributed by atoms with E-state index in [9.17, 15) is 5.11 Å². The Morgan fingerprint density at radius 1 is 0.913 bits per heavy atom. The van der Waals surface area contributed by atoms with E-state index in [-0.39, 0.29) is 0 Å². The van der Waals surface area contributed by atoms with Crippen molar-refractivity contribution in [3.8, 4) is 0 Å². The molecular weight excluding hydrogens is 284 g/mol. The summed E-state index contributed by atoms with van der Waals surface area (Å²) in [4.78, 5) is 0. The quantitative estimate of drug-likeness (QED) is 0.915. The minimum absolute atomic E-state index is 0.518. The van der Waals surface area contributed by atoms with Crippen LogP contribution in [0.25, 0.3) is 11.6 Å². The summed E-state index contributed by atoms with van der Waals surface area (Å²) in [7, 11) is 0.